The Morgan fingerprint density at radius 1 is 1.19 bits per heavy atom. The van der Waals surface area contributed by atoms with Crippen LogP contribution in [0.15, 0.2) is 58.6 Å². The molecule has 1 aliphatic heterocycles. The third kappa shape index (κ3) is 5.03. The van der Waals surface area contributed by atoms with Crippen LogP contribution >= 0.6 is 11.6 Å². The van der Waals surface area contributed by atoms with Crippen molar-refractivity contribution in [3.63, 3.8) is 0 Å². The quantitative estimate of drug-likeness (QED) is 0.463. The molecule has 3 rings (SSSR count). The third-order valence-corrected chi connectivity index (χ3v) is 6.60. The van der Waals surface area contributed by atoms with E-state index in [2.05, 4.69) is 10.6 Å². The van der Waals surface area contributed by atoms with Crippen molar-refractivity contribution < 1.29 is 31.9 Å². The van der Waals surface area contributed by atoms with E-state index in [1.807, 2.05) is 6.92 Å². The highest BCUT2D eigenvalue weighted by atomic mass is 35.5. The predicted octanol–water partition coefficient (Wildman–Crippen LogP) is 3.13. The van der Waals surface area contributed by atoms with E-state index in [9.17, 15) is 22.4 Å². The summed E-state index contributed by atoms with van der Waals surface area (Å²) in [6.07, 6.45) is 0. The van der Waals surface area contributed by atoms with Crippen molar-refractivity contribution in [2.75, 3.05) is 19.5 Å². The van der Waals surface area contributed by atoms with Crippen LogP contribution in [0.3, 0.4) is 0 Å². The van der Waals surface area contributed by atoms with Gasteiger partial charge in [-0.3, -0.25) is 0 Å². The number of hydrogen-bond donors (Lipinski definition) is 2. The molecule has 0 saturated heterocycles. The first kappa shape index (κ1) is 23.6. The van der Waals surface area contributed by atoms with Crippen molar-refractivity contribution in [3.05, 3.63) is 70.1 Å². The number of esters is 1. The Labute approximate surface area is 189 Å². The van der Waals surface area contributed by atoms with Gasteiger partial charge >= 0.3 is 12.0 Å². The van der Waals surface area contributed by atoms with Crippen LogP contribution < -0.4 is 15.4 Å². The highest BCUT2D eigenvalue weighted by Crippen LogP contribution is 2.30. The molecule has 0 bridgehead atoms. The first-order chi connectivity index (χ1) is 15.2. The summed E-state index contributed by atoms with van der Waals surface area (Å²) in [6.45, 7) is 2.30. The van der Waals surface area contributed by atoms with E-state index in [-0.39, 0.29) is 21.2 Å². The number of nitrogens with one attached hydrogen (secondary N) is 2. The summed E-state index contributed by atoms with van der Waals surface area (Å²) in [5.41, 5.74) is 0.288. The fourth-order valence-corrected chi connectivity index (χ4v) is 4.79. The maximum absolute atomic E-state index is 13.5. The topological polar surface area (TPSA) is 111 Å². The molecule has 11 heteroatoms. The summed E-state index contributed by atoms with van der Waals surface area (Å²) >= 11 is 5.71. The molecule has 0 fully saturated rings. The molecule has 2 aromatic carbocycles. The van der Waals surface area contributed by atoms with Gasteiger partial charge in [0.25, 0.3) is 0 Å². The van der Waals surface area contributed by atoms with E-state index >= 15 is 0 Å². The van der Waals surface area contributed by atoms with Crippen LogP contribution in [0, 0.1) is 5.82 Å². The predicted molar refractivity (Wildman–Crippen MR) is 115 cm³/mol. The lowest BCUT2D eigenvalue weighted by atomic mass is 9.95. The average molecular weight is 483 g/mol. The van der Waals surface area contributed by atoms with Crippen LogP contribution in [0.2, 0.25) is 5.02 Å². The molecule has 1 aliphatic rings. The number of rotatable bonds is 7. The number of ether oxygens (including phenoxy) is 2. The second-order valence-electron chi connectivity index (χ2n) is 6.75. The lowest BCUT2D eigenvalue weighted by Gasteiger charge is -2.29. The summed E-state index contributed by atoms with van der Waals surface area (Å²) in [5, 5.41) is 4.62. The fraction of sp³-hybridized carbons (Fsp3) is 0.238. The lowest BCUT2D eigenvalue weighted by Crippen LogP contribution is -2.47. The van der Waals surface area contributed by atoms with Gasteiger partial charge in [0.2, 0.25) is 0 Å². The molecule has 1 atom stereocenters. The molecule has 2 N–H and O–H groups in total. The summed E-state index contributed by atoms with van der Waals surface area (Å²) in [5.74, 6) is -1.74. The second kappa shape index (κ2) is 9.58. The zero-order chi connectivity index (χ0) is 23.5. The minimum Gasteiger partial charge on any atom is -0.494 e. The Kier molecular flexibility index (Phi) is 7.05. The van der Waals surface area contributed by atoms with Gasteiger partial charge in [-0.1, -0.05) is 23.7 Å². The van der Waals surface area contributed by atoms with Crippen LogP contribution in [-0.4, -0.2) is 39.9 Å². The van der Waals surface area contributed by atoms with Crippen LogP contribution in [0.5, 0.6) is 5.75 Å². The van der Waals surface area contributed by atoms with Gasteiger partial charge in [0.1, 0.15) is 11.6 Å². The number of carbonyl (C=O) groups excluding carboxylic acids is 2. The number of amides is 2. The maximum atomic E-state index is 13.5. The molecule has 32 heavy (non-hydrogen) atoms. The number of methoxy groups -OCH3 is 1. The average Bonchev–Trinajstić information content (AvgIpc) is 2.75. The van der Waals surface area contributed by atoms with Crippen LogP contribution in [-0.2, 0) is 19.4 Å². The van der Waals surface area contributed by atoms with Gasteiger partial charge in [-0.2, -0.15) is 0 Å². The number of hydrogen-bond acceptors (Lipinski definition) is 6. The minimum absolute atomic E-state index is 0.0759. The highest BCUT2D eigenvalue weighted by Gasteiger charge is 2.35. The Morgan fingerprint density at radius 3 is 2.47 bits per heavy atom. The molecule has 0 saturated carbocycles. The summed E-state index contributed by atoms with van der Waals surface area (Å²) < 4.78 is 49.6. The molecular formula is C21H20ClFN2O6S. The normalized spacial score (nSPS) is 16.2. The first-order valence-corrected chi connectivity index (χ1v) is 11.5. The SMILES string of the molecule is CCOc1ccc(C2NC(=O)NC(CS(=O)(=O)c3ccc(F)c(Cl)c3)=C2C(=O)OC)cc1. The number of sulfone groups is 1. The number of halogens is 2. The molecule has 0 aromatic heterocycles. The minimum atomic E-state index is -4.10. The Balaban J connectivity index is 2.05. The lowest BCUT2D eigenvalue weighted by molar-refractivity contribution is -0.136. The summed E-state index contributed by atoms with van der Waals surface area (Å²) in [6, 6.07) is 7.92. The van der Waals surface area contributed by atoms with E-state index in [1.54, 1.807) is 24.3 Å². The van der Waals surface area contributed by atoms with E-state index in [4.69, 9.17) is 21.1 Å². The summed E-state index contributed by atoms with van der Waals surface area (Å²) in [7, 11) is -2.95. The van der Waals surface area contributed by atoms with E-state index in [0.29, 0.717) is 17.9 Å². The van der Waals surface area contributed by atoms with Gasteiger partial charge < -0.3 is 20.1 Å². The van der Waals surface area contributed by atoms with Gasteiger partial charge in [0.05, 0.1) is 41.0 Å². The first-order valence-electron chi connectivity index (χ1n) is 9.45. The molecular weight excluding hydrogens is 463 g/mol. The third-order valence-electron chi connectivity index (χ3n) is 4.67. The largest absolute Gasteiger partial charge is 0.494 e. The molecule has 0 radical (unpaired) electrons. The van der Waals surface area contributed by atoms with E-state index in [0.717, 1.165) is 25.3 Å². The molecule has 8 nitrogen and oxygen atoms in total. The smallest absolute Gasteiger partial charge is 0.338 e. The monoisotopic (exact) mass is 482 g/mol. The number of benzene rings is 2. The van der Waals surface area contributed by atoms with E-state index < -0.39 is 39.4 Å². The number of urea groups is 1. The summed E-state index contributed by atoms with van der Waals surface area (Å²) in [4.78, 5) is 24.6. The van der Waals surface area contributed by atoms with Gasteiger partial charge in [-0.05, 0) is 42.8 Å². The molecule has 0 spiro atoms. The van der Waals surface area contributed by atoms with Crippen molar-refractivity contribution in [2.45, 2.75) is 17.9 Å². The van der Waals surface area contributed by atoms with Gasteiger partial charge in [-0.15, -0.1) is 0 Å². The van der Waals surface area contributed by atoms with Gasteiger partial charge in [0, 0.05) is 5.70 Å². The van der Waals surface area contributed by atoms with Crippen molar-refractivity contribution in [3.8, 4) is 5.75 Å². The van der Waals surface area contributed by atoms with Crippen molar-refractivity contribution in [1.82, 2.24) is 10.6 Å². The molecule has 0 aliphatic carbocycles. The number of carbonyl (C=O) groups is 2. The fourth-order valence-electron chi connectivity index (χ4n) is 3.20. The zero-order valence-corrected chi connectivity index (χ0v) is 18.7. The van der Waals surface area contributed by atoms with Crippen molar-refractivity contribution in [1.29, 1.82) is 0 Å². The zero-order valence-electron chi connectivity index (χ0n) is 17.1. The highest BCUT2D eigenvalue weighted by molar-refractivity contribution is 7.91. The Hall–Kier alpha value is -3.11. The van der Waals surface area contributed by atoms with E-state index in [1.165, 1.54) is 0 Å². The maximum Gasteiger partial charge on any atom is 0.338 e. The molecule has 2 amide bonds. The Morgan fingerprint density at radius 2 is 1.88 bits per heavy atom. The molecule has 170 valence electrons. The van der Waals surface area contributed by atoms with Gasteiger partial charge in [-0.25, -0.2) is 22.4 Å². The molecule has 1 unspecified atom stereocenters. The second-order valence-corrected chi connectivity index (χ2v) is 9.15. The molecule has 2 aromatic rings. The van der Waals surface area contributed by atoms with Gasteiger partial charge in [0.15, 0.2) is 9.84 Å². The van der Waals surface area contributed by atoms with Crippen LogP contribution in [0.1, 0.15) is 18.5 Å². The Bertz CT molecular complexity index is 1180. The van der Waals surface area contributed by atoms with Crippen molar-refractivity contribution >= 4 is 33.4 Å². The van der Waals surface area contributed by atoms with Crippen LogP contribution in [0.4, 0.5) is 9.18 Å². The van der Waals surface area contributed by atoms with Crippen molar-refractivity contribution in [2.24, 2.45) is 0 Å². The molecule has 1 heterocycles. The standard InChI is InChI=1S/C21H20ClFN2O6S/c1-3-31-13-6-4-12(5-7-13)19-18(20(26)30-2)17(24-21(27)25-19)11-32(28,29)14-8-9-16(23)15(22)10-14/h4-10,19H,3,11H2,1-2H3,(H2,24,25,27). The van der Waals surface area contributed by atoms with Crippen LogP contribution in [0.25, 0.3) is 0 Å².